The number of carbonyl (C=O) groups excluding carboxylic acids is 1. The molecule has 0 aliphatic carbocycles. The molecule has 0 atom stereocenters. The first-order valence-corrected chi connectivity index (χ1v) is 8.46. The Kier molecular flexibility index (Phi) is 5.66. The maximum absolute atomic E-state index is 13.2. The van der Waals surface area contributed by atoms with Crippen LogP contribution in [0.5, 0.6) is 5.88 Å². The van der Waals surface area contributed by atoms with Gasteiger partial charge in [-0.25, -0.2) is 14.4 Å². The number of fused-ring (bicyclic) bond motifs is 1. The molecule has 2 N–H and O–H groups in total. The van der Waals surface area contributed by atoms with Gasteiger partial charge in [0.2, 0.25) is 11.8 Å². The summed E-state index contributed by atoms with van der Waals surface area (Å²) in [5, 5.41) is 2.79. The minimum Gasteiger partial charge on any atom is -0.481 e. The van der Waals surface area contributed by atoms with Crippen LogP contribution in [0.2, 0.25) is 0 Å². The predicted octanol–water partition coefficient (Wildman–Crippen LogP) is 2.56. The lowest BCUT2D eigenvalue weighted by Gasteiger charge is -2.12. The molecule has 142 valence electrons. The molecular formula is C19H21FN4O3. The first kappa shape index (κ1) is 18.8. The molecule has 0 bridgehead atoms. The van der Waals surface area contributed by atoms with Crippen molar-refractivity contribution >= 4 is 16.9 Å². The SMILES string of the molecule is COc1nc(C)cc(C)c1CNC(=O)COCc1nc2ccc(F)cc2[nH]1. The molecule has 0 saturated heterocycles. The molecule has 1 amide bonds. The Labute approximate surface area is 155 Å². The number of H-pyrrole nitrogens is 1. The maximum atomic E-state index is 13.2. The second kappa shape index (κ2) is 8.13. The van der Waals surface area contributed by atoms with Gasteiger partial charge in [0.25, 0.3) is 0 Å². The number of nitrogens with zero attached hydrogens (tertiary/aromatic N) is 2. The van der Waals surface area contributed by atoms with Crippen molar-refractivity contribution in [3.8, 4) is 5.88 Å². The number of halogens is 1. The fraction of sp³-hybridized carbons (Fsp3) is 0.316. The van der Waals surface area contributed by atoms with Crippen molar-refractivity contribution in [1.29, 1.82) is 0 Å². The molecule has 0 saturated carbocycles. The van der Waals surface area contributed by atoms with E-state index in [1.165, 1.54) is 12.1 Å². The van der Waals surface area contributed by atoms with Gasteiger partial charge in [0.15, 0.2) is 0 Å². The molecule has 3 aromatic rings. The third kappa shape index (κ3) is 4.59. The highest BCUT2D eigenvalue weighted by Crippen LogP contribution is 2.20. The van der Waals surface area contributed by atoms with Crippen LogP contribution in [0.25, 0.3) is 11.0 Å². The van der Waals surface area contributed by atoms with Crippen LogP contribution >= 0.6 is 0 Å². The van der Waals surface area contributed by atoms with E-state index in [0.717, 1.165) is 16.8 Å². The molecule has 0 aliphatic heterocycles. The molecule has 0 radical (unpaired) electrons. The minimum absolute atomic E-state index is 0.119. The Morgan fingerprint density at radius 3 is 2.85 bits per heavy atom. The lowest BCUT2D eigenvalue weighted by Crippen LogP contribution is -2.27. The number of hydrogen-bond donors (Lipinski definition) is 2. The third-order valence-corrected chi connectivity index (χ3v) is 4.06. The van der Waals surface area contributed by atoms with Crippen molar-refractivity contribution in [2.45, 2.75) is 27.0 Å². The zero-order valence-electron chi connectivity index (χ0n) is 15.4. The molecule has 0 aliphatic rings. The smallest absolute Gasteiger partial charge is 0.246 e. The second-order valence-corrected chi connectivity index (χ2v) is 6.18. The van der Waals surface area contributed by atoms with Gasteiger partial charge >= 0.3 is 0 Å². The topological polar surface area (TPSA) is 89.1 Å². The van der Waals surface area contributed by atoms with Crippen molar-refractivity contribution in [2.75, 3.05) is 13.7 Å². The summed E-state index contributed by atoms with van der Waals surface area (Å²) in [4.78, 5) is 23.6. The number of nitrogens with one attached hydrogen (secondary N) is 2. The lowest BCUT2D eigenvalue weighted by atomic mass is 10.1. The van der Waals surface area contributed by atoms with Crippen molar-refractivity contribution in [3.63, 3.8) is 0 Å². The predicted molar refractivity (Wildman–Crippen MR) is 97.8 cm³/mol. The summed E-state index contributed by atoms with van der Waals surface area (Å²) < 4.78 is 23.9. The number of aryl methyl sites for hydroxylation is 2. The largest absolute Gasteiger partial charge is 0.481 e. The number of carbonyl (C=O) groups is 1. The first-order chi connectivity index (χ1) is 13.0. The summed E-state index contributed by atoms with van der Waals surface area (Å²) >= 11 is 0. The molecule has 3 rings (SSSR count). The van der Waals surface area contributed by atoms with Gasteiger partial charge in [0.1, 0.15) is 24.9 Å². The van der Waals surface area contributed by atoms with Crippen LogP contribution in [0.15, 0.2) is 24.3 Å². The van der Waals surface area contributed by atoms with E-state index >= 15 is 0 Å². The fourth-order valence-corrected chi connectivity index (χ4v) is 2.79. The van der Waals surface area contributed by atoms with E-state index in [2.05, 4.69) is 20.3 Å². The summed E-state index contributed by atoms with van der Waals surface area (Å²) in [6.45, 7) is 4.14. The molecule has 7 nitrogen and oxygen atoms in total. The molecule has 0 unspecified atom stereocenters. The zero-order valence-corrected chi connectivity index (χ0v) is 15.4. The highest BCUT2D eigenvalue weighted by atomic mass is 19.1. The van der Waals surface area contributed by atoms with Gasteiger partial charge in [-0.3, -0.25) is 4.79 Å². The number of imidazole rings is 1. The summed E-state index contributed by atoms with van der Waals surface area (Å²) in [5.41, 5.74) is 3.92. The molecule has 2 heterocycles. The Hall–Kier alpha value is -3.00. The number of pyridine rings is 1. The van der Waals surface area contributed by atoms with Crippen molar-refractivity contribution < 1.29 is 18.7 Å². The van der Waals surface area contributed by atoms with E-state index in [1.807, 2.05) is 19.9 Å². The van der Waals surface area contributed by atoms with Gasteiger partial charge in [-0.1, -0.05) is 0 Å². The van der Waals surface area contributed by atoms with Gasteiger partial charge in [-0.15, -0.1) is 0 Å². The van der Waals surface area contributed by atoms with E-state index in [1.54, 1.807) is 13.2 Å². The quantitative estimate of drug-likeness (QED) is 0.665. The number of hydrogen-bond acceptors (Lipinski definition) is 5. The van der Waals surface area contributed by atoms with E-state index in [9.17, 15) is 9.18 Å². The van der Waals surface area contributed by atoms with Crippen LogP contribution in [-0.4, -0.2) is 34.6 Å². The Morgan fingerprint density at radius 2 is 2.07 bits per heavy atom. The molecule has 0 fully saturated rings. The van der Waals surface area contributed by atoms with Crippen LogP contribution < -0.4 is 10.1 Å². The van der Waals surface area contributed by atoms with E-state index in [4.69, 9.17) is 9.47 Å². The summed E-state index contributed by atoms with van der Waals surface area (Å²) in [7, 11) is 1.55. The van der Waals surface area contributed by atoms with Crippen LogP contribution in [0.3, 0.4) is 0 Å². The summed E-state index contributed by atoms with van der Waals surface area (Å²) in [6, 6.07) is 6.23. The number of ether oxygens (including phenoxy) is 2. The normalized spacial score (nSPS) is 11.0. The summed E-state index contributed by atoms with van der Waals surface area (Å²) in [6.07, 6.45) is 0. The van der Waals surface area contributed by atoms with Crippen molar-refractivity contribution in [3.05, 3.63) is 52.7 Å². The van der Waals surface area contributed by atoms with Crippen LogP contribution in [0, 0.1) is 19.7 Å². The molecule has 8 heteroatoms. The Balaban J connectivity index is 1.51. The van der Waals surface area contributed by atoms with E-state index in [-0.39, 0.29) is 24.9 Å². The highest BCUT2D eigenvalue weighted by molar-refractivity contribution is 5.77. The lowest BCUT2D eigenvalue weighted by molar-refractivity contribution is -0.126. The molecule has 0 spiro atoms. The number of methoxy groups -OCH3 is 1. The fourth-order valence-electron chi connectivity index (χ4n) is 2.79. The highest BCUT2D eigenvalue weighted by Gasteiger charge is 2.11. The monoisotopic (exact) mass is 372 g/mol. The second-order valence-electron chi connectivity index (χ2n) is 6.18. The van der Waals surface area contributed by atoms with Gasteiger partial charge in [-0.2, -0.15) is 0 Å². The molecule has 1 aromatic carbocycles. The Bertz CT molecular complexity index is 971. The average molecular weight is 372 g/mol. The zero-order chi connectivity index (χ0) is 19.4. The van der Waals surface area contributed by atoms with Crippen LogP contribution in [0.1, 0.15) is 22.6 Å². The maximum Gasteiger partial charge on any atom is 0.246 e. The average Bonchev–Trinajstić information content (AvgIpc) is 3.02. The van der Waals surface area contributed by atoms with Gasteiger partial charge < -0.3 is 19.8 Å². The number of aromatic amines is 1. The van der Waals surface area contributed by atoms with Gasteiger partial charge in [0.05, 0.1) is 18.1 Å². The van der Waals surface area contributed by atoms with Gasteiger partial charge in [-0.05, 0) is 43.7 Å². The van der Waals surface area contributed by atoms with Crippen LogP contribution in [0.4, 0.5) is 4.39 Å². The van der Waals surface area contributed by atoms with Crippen molar-refractivity contribution in [2.24, 2.45) is 0 Å². The van der Waals surface area contributed by atoms with E-state index < -0.39 is 0 Å². The summed E-state index contributed by atoms with van der Waals surface area (Å²) in [5.74, 6) is 0.431. The van der Waals surface area contributed by atoms with Gasteiger partial charge in [0, 0.05) is 17.8 Å². The standard InChI is InChI=1S/C19H21FN4O3/c1-11-6-12(2)22-19(26-3)14(11)8-21-18(25)10-27-9-17-23-15-5-4-13(20)7-16(15)24-17/h4-7H,8-10H2,1-3H3,(H,21,25)(H,23,24). The minimum atomic E-state index is -0.339. The number of benzene rings is 1. The molecule has 27 heavy (non-hydrogen) atoms. The number of rotatable bonds is 7. The third-order valence-electron chi connectivity index (χ3n) is 4.06. The molecule has 2 aromatic heterocycles. The van der Waals surface area contributed by atoms with Crippen molar-refractivity contribution in [1.82, 2.24) is 20.3 Å². The molecular weight excluding hydrogens is 351 g/mol. The number of aromatic nitrogens is 3. The Morgan fingerprint density at radius 1 is 1.26 bits per heavy atom. The number of amides is 1. The first-order valence-electron chi connectivity index (χ1n) is 8.46. The van der Waals surface area contributed by atoms with E-state index in [0.29, 0.717) is 29.3 Å². The van der Waals surface area contributed by atoms with Crippen LogP contribution in [-0.2, 0) is 22.7 Å².